The standard InChI is InChI=1S/C16H21BrN2/c1-2-3-11-19(12-10-17)13-15-9-8-14-6-4-5-7-16(14)18-15/h4-9H,2-3,10-13H2,1H3. The molecular formula is C16H21BrN2. The Hall–Kier alpha value is -0.930. The molecule has 1 heterocycles. The molecule has 0 fully saturated rings. The molecule has 0 saturated carbocycles. The lowest BCUT2D eigenvalue weighted by molar-refractivity contribution is 0.275. The molecule has 0 aliphatic heterocycles. The molecule has 0 radical (unpaired) electrons. The molecule has 19 heavy (non-hydrogen) atoms. The van der Waals surface area contributed by atoms with Gasteiger partial charge in [-0.05, 0) is 25.1 Å². The molecular weight excluding hydrogens is 300 g/mol. The second-order valence-electron chi connectivity index (χ2n) is 4.81. The molecule has 0 saturated heterocycles. The number of rotatable bonds is 7. The number of para-hydroxylation sites is 1. The number of halogens is 1. The van der Waals surface area contributed by atoms with Crippen LogP contribution in [0.4, 0.5) is 0 Å². The van der Waals surface area contributed by atoms with Gasteiger partial charge < -0.3 is 0 Å². The normalized spacial score (nSPS) is 11.3. The van der Waals surface area contributed by atoms with Crippen LogP contribution in [-0.4, -0.2) is 28.3 Å². The largest absolute Gasteiger partial charge is 0.297 e. The second kappa shape index (κ2) is 7.61. The average Bonchev–Trinajstić information content (AvgIpc) is 2.45. The van der Waals surface area contributed by atoms with Gasteiger partial charge >= 0.3 is 0 Å². The lowest BCUT2D eigenvalue weighted by Gasteiger charge is -2.20. The van der Waals surface area contributed by atoms with Crippen molar-refractivity contribution in [2.24, 2.45) is 0 Å². The van der Waals surface area contributed by atoms with E-state index >= 15 is 0 Å². The molecule has 2 nitrogen and oxygen atoms in total. The lowest BCUT2D eigenvalue weighted by atomic mass is 10.2. The van der Waals surface area contributed by atoms with Crippen molar-refractivity contribution in [3.05, 3.63) is 42.1 Å². The fraction of sp³-hybridized carbons (Fsp3) is 0.438. The van der Waals surface area contributed by atoms with Gasteiger partial charge in [-0.3, -0.25) is 9.88 Å². The van der Waals surface area contributed by atoms with Gasteiger partial charge in [-0.1, -0.05) is 53.5 Å². The number of unbranched alkanes of at least 4 members (excludes halogenated alkanes) is 1. The Balaban J connectivity index is 2.09. The van der Waals surface area contributed by atoms with Crippen LogP contribution in [-0.2, 0) is 6.54 Å². The minimum atomic E-state index is 0.941. The topological polar surface area (TPSA) is 16.1 Å². The van der Waals surface area contributed by atoms with E-state index in [4.69, 9.17) is 4.98 Å². The van der Waals surface area contributed by atoms with Gasteiger partial charge in [0.2, 0.25) is 0 Å². The van der Waals surface area contributed by atoms with Crippen LogP contribution in [0.2, 0.25) is 0 Å². The highest BCUT2D eigenvalue weighted by Gasteiger charge is 2.06. The average molecular weight is 321 g/mol. The number of hydrogen-bond donors (Lipinski definition) is 0. The van der Waals surface area contributed by atoms with Crippen molar-refractivity contribution in [3.8, 4) is 0 Å². The first-order chi connectivity index (χ1) is 9.33. The van der Waals surface area contributed by atoms with E-state index in [1.165, 1.54) is 18.2 Å². The minimum Gasteiger partial charge on any atom is -0.297 e. The number of pyridine rings is 1. The Morgan fingerprint density at radius 2 is 1.95 bits per heavy atom. The Labute approximate surface area is 124 Å². The second-order valence-corrected chi connectivity index (χ2v) is 5.61. The van der Waals surface area contributed by atoms with Crippen molar-refractivity contribution < 1.29 is 0 Å². The molecule has 0 spiro atoms. The first kappa shape index (κ1) is 14.5. The van der Waals surface area contributed by atoms with Crippen LogP contribution in [0.25, 0.3) is 10.9 Å². The number of alkyl halides is 1. The smallest absolute Gasteiger partial charge is 0.0705 e. The van der Waals surface area contributed by atoms with Crippen LogP contribution in [0.15, 0.2) is 36.4 Å². The van der Waals surface area contributed by atoms with Gasteiger partial charge in [0.05, 0.1) is 11.2 Å². The third-order valence-electron chi connectivity index (χ3n) is 3.27. The Morgan fingerprint density at radius 1 is 1.11 bits per heavy atom. The predicted octanol–water partition coefficient (Wildman–Crippen LogP) is 4.23. The number of fused-ring (bicyclic) bond motifs is 1. The van der Waals surface area contributed by atoms with Crippen LogP contribution in [0.1, 0.15) is 25.5 Å². The highest BCUT2D eigenvalue weighted by Crippen LogP contribution is 2.13. The van der Waals surface area contributed by atoms with E-state index in [9.17, 15) is 0 Å². The molecule has 0 unspecified atom stereocenters. The van der Waals surface area contributed by atoms with E-state index in [0.717, 1.165) is 36.2 Å². The van der Waals surface area contributed by atoms with Crippen LogP contribution in [0.3, 0.4) is 0 Å². The van der Waals surface area contributed by atoms with E-state index in [1.54, 1.807) is 0 Å². The summed E-state index contributed by atoms with van der Waals surface area (Å²) < 4.78 is 0. The van der Waals surface area contributed by atoms with Gasteiger partial charge in [-0.2, -0.15) is 0 Å². The van der Waals surface area contributed by atoms with Gasteiger partial charge in [0, 0.05) is 23.8 Å². The van der Waals surface area contributed by atoms with Crippen molar-refractivity contribution in [1.82, 2.24) is 9.88 Å². The van der Waals surface area contributed by atoms with E-state index in [0.29, 0.717) is 0 Å². The third-order valence-corrected chi connectivity index (χ3v) is 3.62. The first-order valence-electron chi connectivity index (χ1n) is 6.96. The van der Waals surface area contributed by atoms with Crippen molar-refractivity contribution >= 4 is 26.8 Å². The molecule has 1 aromatic carbocycles. The summed E-state index contributed by atoms with van der Waals surface area (Å²) in [5, 5.41) is 2.23. The zero-order valence-corrected chi connectivity index (χ0v) is 13.1. The monoisotopic (exact) mass is 320 g/mol. The van der Waals surface area contributed by atoms with Crippen molar-refractivity contribution in [2.45, 2.75) is 26.3 Å². The molecule has 3 heteroatoms. The van der Waals surface area contributed by atoms with Crippen LogP contribution < -0.4 is 0 Å². The summed E-state index contributed by atoms with van der Waals surface area (Å²) in [4.78, 5) is 7.22. The van der Waals surface area contributed by atoms with Gasteiger partial charge in [-0.15, -0.1) is 0 Å². The zero-order chi connectivity index (χ0) is 13.5. The molecule has 0 bridgehead atoms. The highest BCUT2D eigenvalue weighted by molar-refractivity contribution is 9.09. The Kier molecular flexibility index (Phi) is 5.80. The summed E-state index contributed by atoms with van der Waals surface area (Å²) in [6, 6.07) is 12.6. The number of aromatic nitrogens is 1. The van der Waals surface area contributed by atoms with E-state index in [2.05, 4.69) is 58.1 Å². The lowest BCUT2D eigenvalue weighted by Crippen LogP contribution is -2.26. The molecule has 0 aliphatic rings. The fourth-order valence-corrected chi connectivity index (χ4v) is 2.70. The molecule has 1 aromatic heterocycles. The maximum atomic E-state index is 4.75. The quantitative estimate of drug-likeness (QED) is 0.710. The number of nitrogens with zero attached hydrogens (tertiary/aromatic N) is 2. The molecule has 0 atom stereocenters. The third kappa shape index (κ3) is 4.29. The van der Waals surface area contributed by atoms with Gasteiger partial charge in [0.25, 0.3) is 0 Å². The summed E-state index contributed by atoms with van der Waals surface area (Å²) in [5.41, 5.74) is 2.25. The fourth-order valence-electron chi connectivity index (χ4n) is 2.20. The maximum absolute atomic E-state index is 4.75. The van der Waals surface area contributed by atoms with Crippen LogP contribution in [0, 0.1) is 0 Å². The van der Waals surface area contributed by atoms with Gasteiger partial charge in [0.1, 0.15) is 0 Å². The molecule has 0 N–H and O–H groups in total. The summed E-state index contributed by atoms with van der Waals surface area (Å²) in [6.07, 6.45) is 2.49. The number of hydrogen-bond acceptors (Lipinski definition) is 2. The van der Waals surface area contributed by atoms with Crippen LogP contribution in [0.5, 0.6) is 0 Å². The summed E-state index contributed by atoms with van der Waals surface area (Å²) in [7, 11) is 0. The Morgan fingerprint density at radius 3 is 2.74 bits per heavy atom. The Bertz CT molecular complexity index is 513. The SMILES string of the molecule is CCCCN(CCBr)Cc1ccc2ccccc2n1. The summed E-state index contributed by atoms with van der Waals surface area (Å²) in [5.74, 6) is 0. The van der Waals surface area contributed by atoms with Gasteiger partial charge in [0.15, 0.2) is 0 Å². The van der Waals surface area contributed by atoms with Crippen molar-refractivity contribution in [3.63, 3.8) is 0 Å². The van der Waals surface area contributed by atoms with Crippen molar-refractivity contribution in [2.75, 3.05) is 18.4 Å². The van der Waals surface area contributed by atoms with E-state index in [-0.39, 0.29) is 0 Å². The molecule has 0 amide bonds. The van der Waals surface area contributed by atoms with Gasteiger partial charge in [-0.25, -0.2) is 0 Å². The highest BCUT2D eigenvalue weighted by atomic mass is 79.9. The predicted molar refractivity (Wildman–Crippen MR) is 85.7 cm³/mol. The number of benzene rings is 1. The van der Waals surface area contributed by atoms with Crippen molar-refractivity contribution in [1.29, 1.82) is 0 Å². The van der Waals surface area contributed by atoms with E-state index < -0.39 is 0 Å². The molecule has 0 aliphatic carbocycles. The summed E-state index contributed by atoms with van der Waals surface area (Å²) in [6.45, 7) is 5.40. The first-order valence-corrected chi connectivity index (χ1v) is 8.08. The summed E-state index contributed by atoms with van der Waals surface area (Å²) >= 11 is 3.53. The molecule has 2 rings (SSSR count). The maximum Gasteiger partial charge on any atom is 0.0705 e. The van der Waals surface area contributed by atoms with E-state index in [1.807, 2.05) is 6.07 Å². The van der Waals surface area contributed by atoms with Crippen LogP contribution >= 0.6 is 15.9 Å². The molecule has 2 aromatic rings. The molecule has 102 valence electrons. The zero-order valence-electron chi connectivity index (χ0n) is 11.5. The minimum absolute atomic E-state index is 0.941.